The lowest BCUT2D eigenvalue weighted by molar-refractivity contribution is 0.418. The number of aryl methyl sites for hydroxylation is 1. The molecule has 1 aliphatic carbocycles. The van der Waals surface area contributed by atoms with Gasteiger partial charge in [0.25, 0.3) is 0 Å². The van der Waals surface area contributed by atoms with Gasteiger partial charge in [-0.3, -0.25) is 0 Å². The Labute approximate surface area is 85.7 Å². The topological polar surface area (TPSA) is 26.0 Å². The van der Waals surface area contributed by atoms with E-state index in [0.29, 0.717) is 0 Å². The molecule has 1 saturated carbocycles. The average molecular weight is 198 g/mol. The molecule has 2 rings (SSSR count). The molecule has 0 radical (unpaired) electrons. The summed E-state index contributed by atoms with van der Waals surface area (Å²) in [6.45, 7) is 2.17. The van der Waals surface area contributed by atoms with E-state index in [0.717, 1.165) is 11.6 Å². The molecule has 0 aromatic heterocycles. The summed E-state index contributed by atoms with van der Waals surface area (Å²) in [6, 6.07) is 6.25. The number of nitrogen functional groups attached to an aromatic ring is 1. The zero-order chi connectivity index (χ0) is 8.55. The third-order valence-corrected chi connectivity index (χ3v) is 2.85. The number of hydrogen-bond acceptors (Lipinski definition) is 1. The predicted octanol–water partition coefficient (Wildman–Crippen LogP) is 3.27. The summed E-state index contributed by atoms with van der Waals surface area (Å²) < 4.78 is 0. The highest BCUT2D eigenvalue weighted by Crippen LogP contribution is 2.38. The van der Waals surface area contributed by atoms with Gasteiger partial charge in [0.1, 0.15) is 0 Å². The van der Waals surface area contributed by atoms with Crippen molar-refractivity contribution in [2.45, 2.75) is 32.1 Å². The molecule has 13 heavy (non-hydrogen) atoms. The molecule has 2 N–H and O–H groups in total. The second-order valence-electron chi connectivity index (χ2n) is 3.74. The van der Waals surface area contributed by atoms with Gasteiger partial charge in [0, 0.05) is 5.69 Å². The smallest absolute Gasteiger partial charge is 0.0317 e. The van der Waals surface area contributed by atoms with Crippen LogP contribution >= 0.6 is 12.4 Å². The minimum absolute atomic E-state index is 0. The van der Waals surface area contributed by atoms with Crippen molar-refractivity contribution in [3.8, 4) is 0 Å². The Hall–Kier alpha value is -0.690. The third kappa shape index (κ3) is 1.97. The number of anilines is 1. The van der Waals surface area contributed by atoms with E-state index in [1.54, 1.807) is 0 Å². The predicted molar refractivity (Wildman–Crippen MR) is 59.4 cm³/mol. The van der Waals surface area contributed by atoms with Crippen LogP contribution in [0.25, 0.3) is 0 Å². The summed E-state index contributed by atoms with van der Waals surface area (Å²) in [5.41, 5.74) is 9.52. The molecule has 0 spiro atoms. The molecular weight excluding hydrogens is 182 g/mol. The van der Waals surface area contributed by atoms with Crippen LogP contribution in [0.3, 0.4) is 0 Å². The van der Waals surface area contributed by atoms with Gasteiger partial charge < -0.3 is 5.73 Å². The number of halogens is 1. The van der Waals surface area contributed by atoms with Gasteiger partial charge in [-0.25, -0.2) is 0 Å². The van der Waals surface area contributed by atoms with Crippen molar-refractivity contribution in [1.29, 1.82) is 0 Å². The highest BCUT2D eigenvalue weighted by Gasteiger charge is 2.20. The molecule has 1 nitrogen and oxygen atoms in total. The molecule has 0 bridgehead atoms. The van der Waals surface area contributed by atoms with Crippen LogP contribution in [0.1, 0.15) is 36.3 Å². The summed E-state index contributed by atoms with van der Waals surface area (Å²) in [7, 11) is 0. The van der Waals surface area contributed by atoms with Crippen molar-refractivity contribution < 1.29 is 0 Å². The molecule has 1 aliphatic rings. The van der Waals surface area contributed by atoms with E-state index in [-0.39, 0.29) is 12.4 Å². The van der Waals surface area contributed by atoms with E-state index in [1.165, 1.54) is 30.4 Å². The number of hydrogen-bond donors (Lipinski definition) is 1. The van der Waals surface area contributed by atoms with Crippen LogP contribution in [-0.4, -0.2) is 0 Å². The Morgan fingerprint density at radius 1 is 1.31 bits per heavy atom. The maximum Gasteiger partial charge on any atom is 0.0317 e. The Morgan fingerprint density at radius 3 is 2.54 bits per heavy atom. The van der Waals surface area contributed by atoms with Gasteiger partial charge in [-0.05, 0) is 48.9 Å². The normalized spacial score (nSPS) is 16.1. The van der Waals surface area contributed by atoms with Crippen LogP contribution in [-0.2, 0) is 0 Å². The molecule has 72 valence electrons. The molecule has 0 saturated heterocycles. The van der Waals surface area contributed by atoms with Crippen LogP contribution in [0.2, 0.25) is 0 Å². The van der Waals surface area contributed by atoms with E-state index in [1.807, 2.05) is 6.07 Å². The number of rotatable bonds is 1. The van der Waals surface area contributed by atoms with Crippen molar-refractivity contribution in [1.82, 2.24) is 0 Å². The van der Waals surface area contributed by atoms with Crippen LogP contribution in [0.5, 0.6) is 0 Å². The van der Waals surface area contributed by atoms with Gasteiger partial charge in [0.05, 0.1) is 0 Å². The van der Waals surface area contributed by atoms with E-state index in [4.69, 9.17) is 5.73 Å². The zero-order valence-electron chi connectivity index (χ0n) is 7.92. The largest absolute Gasteiger partial charge is 0.399 e. The third-order valence-electron chi connectivity index (χ3n) is 2.85. The summed E-state index contributed by atoms with van der Waals surface area (Å²) in [5, 5.41) is 0. The summed E-state index contributed by atoms with van der Waals surface area (Å²) >= 11 is 0. The molecule has 0 aliphatic heterocycles. The van der Waals surface area contributed by atoms with Crippen molar-refractivity contribution in [3.63, 3.8) is 0 Å². The Morgan fingerprint density at radius 2 is 2.00 bits per heavy atom. The van der Waals surface area contributed by atoms with E-state index < -0.39 is 0 Å². The maximum absolute atomic E-state index is 5.74. The molecule has 0 atom stereocenters. The quantitative estimate of drug-likeness (QED) is 0.688. The summed E-state index contributed by atoms with van der Waals surface area (Å²) in [4.78, 5) is 0. The van der Waals surface area contributed by atoms with Crippen LogP contribution in [0.4, 0.5) is 5.69 Å². The molecule has 0 amide bonds. The molecular formula is C11H16ClN. The molecule has 0 unspecified atom stereocenters. The van der Waals surface area contributed by atoms with Crippen molar-refractivity contribution in [2.75, 3.05) is 5.73 Å². The lowest BCUT2D eigenvalue weighted by Crippen LogP contribution is -2.10. The molecule has 1 aromatic carbocycles. The summed E-state index contributed by atoms with van der Waals surface area (Å²) in [6.07, 6.45) is 4.09. The monoisotopic (exact) mass is 197 g/mol. The zero-order valence-corrected chi connectivity index (χ0v) is 8.73. The van der Waals surface area contributed by atoms with Gasteiger partial charge in [0.15, 0.2) is 0 Å². The second-order valence-corrected chi connectivity index (χ2v) is 3.74. The number of nitrogens with two attached hydrogens (primary N) is 1. The Balaban J connectivity index is 0.000000845. The fourth-order valence-corrected chi connectivity index (χ4v) is 1.82. The van der Waals surface area contributed by atoms with Gasteiger partial charge in [-0.1, -0.05) is 12.5 Å². The first kappa shape index (κ1) is 10.4. The SMILES string of the molecule is Cc1ccc(N)cc1C1CCC1.Cl. The molecule has 1 fully saturated rings. The lowest BCUT2D eigenvalue weighted by atomic mass is 9.78. The molecule has 2 heteroatoms. The fourth-order valence-electron chi connectivity index (χ4n) is 1.82. The minimum Gasteiger partial charge on any atom is -0.399 e. The first-order valence-electron chi connectivity index (χ1n) is 4.63. The van der Waals surface area contributed by atoms with Crippen molar-refractivity contribution >= 4 is 18.1 Å². The van der Waals surface area contributed by atoms with Crippen LogP contribution < -0.4 is 5.73 Å². The van der Waals surface area contributed by atoms with E-state index >= 15 is 0 Å². The highest BCUT2D eigenvalue weighted by atomic mass is 35.5. The fraction of sp³-hybridized carbons (Fsp3) is 0.455. The standard InChI is InChI=1S/C11H15N.ClH/c1-8-5-6-10(12)7-11(8)9-3-2-4-9;/h5-7,9H,2-4,12H2,1H3;1H. The maximum atomic E-state index is 5.74. The lowest BCUT2D eigenvalue weighted by Gasteiger charge is -2.27. The van der Waals surface area contributed by atoms with Gasteiger partial charge in [0.2, 0.25) is 0 Å². The molecule has 1 aromatic rings. The first-order chi connectivity index (χ1) is 5.77. The van der Waals surface area contributed by atoms with E-state index in [9.17, 15) is 0 Å². The number of benzene rings is 1. The Bertz CT molecular complexity index is 292. The highest BCUT2D eigenvalue weighted by molar-refractivity contribution is 5.85. The minimum atomic E-state index is 0. The summed E-state index contributed by atoms with van der Waals surface area (Å²) in [5.74, 6) is 0.800. The molecule has 0 heterocycles. The van der Waals surface area contributed by atoms with Crippen LogP contribution in [0.15, 0.2) is 18.2 Å². The second kappa shape index (κ2) is 4.01. The van der Waals surface area contributed by atoms with Gasteiger partial charge in [-0.2, -0.15) is 0 Å². The van der Waals surface area contributed by atoms with Crippen molar-refractivity contribution in [3.05, 3.63) is 29.3 Å². The Kier molecular flexibility index (Phi) is 3.21. The first-order valence-corrected chi connectivity index (χ1v) is 4.63. The van der Waals surface area contributed by atoms with Crippen LogP contribution in [0, 0.1) is 6.92 Å². The van der Waals surface area contributed by atoms with Gasteiger partial charge in [-0.15, -0.1) is 12.4 Å². The van der Waals surface area contributed by atoms with E-state index in [2.05, 4.69) is 19.1 Å². The van der Waals surface area contributed by atoms with Gasteiger partial charge >= 0.3 is 0 Å². The average Bonchev–Trinajstić information content (AvgIpc) is 1.93. The van der Waals surface area contributed by atoms with Crippen molar-refractivity contribution in [2.24, 2.45) is 0 Å².